The Morgan fingerprint density at radius 1 is 1.16 bits per heavy atom. The van der Waals surface area contributed by atoms with Gasteiger partial charge in [-0.1, -0.05) is 30.3 Å². The molecule has 0 bridgehead atoms. The van der Waals surface area contributed by atoms with Gasteiger partial charge >= 0.3 is 0 Å². The van der Waals surface area contributed by atoms with E-state index in [1.54, 1.807) is 54.8 Å². The van der Waals surface area contributed by atoms with Crippen molar-refractivity contribution in [3.05, 3.63) is 77.2 Å². The second-order valence-electron chi connectivity index (χ2n) is 6.20. The average molecular weight is 455 g/mol. The first-order chi connectivity index (χ1) is 14.9. The molecule has 0 radical (unpaired) electrons. The minimum atomic E-state index is -3.80. The molecule has 0 saturated carbocycles. The van der Waals surface area contributed by atoms with Crippen LogP contribution < -0.4 is 14.9 Å². The normalized spacial score (nSPS) is 11.4. The molecule has 0 aliphatic heterocycles. The van der Waals surface area contributed by atoms with E-state index < -0.39 is 15.9 Å². The van der Waals surface area contributed by atoms with Crippen LogP contribution in [0.1, 0.15) is 22.8 Å². The number of thiophene rings is 1. The van der Waals surface area contributed by atoms with Crippen molar-refractivity contribution >= 4 is 38.7 Å². The molecule has 0 atom stereocenters. The van der Waals surface area contributed by atoms with Gasteiger partial charge in [-0.25, -0.2) is 13.8 Å². The highest BCUT2D eigenvalue weighted by Gasteiger charge is 2.19. The monoisotopic (exact) mass is 454 g/mol. The first-order valence-electron chi connectivity index (χ1n) is 9.01. The van der Waals surface area contributed by atoms with Crippen molar-refractivity contribution in [1.29, 1.82) is 5.26 Å². The highest BCUT2D eigenvalue weighted by atomic mass is 32.2. The summed E-state index contributed by atoms with van der Waals surface area (Å²) < 4.78 is 32.9. The van der Waals surface area contributed by atoms with Crippen molar-refractivity contribution in [2.75, 3.05) is 11.3 Å². The second-order valence-corrected chi connectivity index (χ2v) is 9.05. The van der Waals surface area contributed by atoms with Gasteiger partial charge in [0.2, 0.25) is 0 Å². The number of nitrogens with zero attached hydrogens (tertiary/aromatic N) is 2. The number of carbonyl (C=O) groups is 1. The number of benzene rings is 2. The summed E-state index contributed by atoms with van der Waals surface area (Å²) in [5.41, 5.74) is 3.92. The number of rotatable bonds is 8. The van der Waals surface area contributed by atoms with Crippen molar-refractivity contribution in [3.8, 4) is 11.8 Å². The summed E-state index contributed by atoms with van der Waals surface area (Å²) in [5, 5.41) is 14.4. The molecule has 8 nitrogen and oxygen atoms in total. The zero-order chi connectivity index (χ0) is 22.3. The number of hydrazone groups is 1. The lowest BCUT2D eigenvalue weighted by molar-refractivity contribution is 0.0955. The molecule has 2 N–H and O–H groups in total. The fraction of sp³-hybridized carbons (Fsp3) is 0.0952. The summed E-state index contributed by atoms with van der Waals surface area (Å²) in [6.07, 6.45) is 0. The van der Waals surface area contributed by atoms with E-state index >= 15 is 0 Å². The van der Waals surface area contributed by atoms with Crippen molar-refractivity contribution in [2.24, 2.45) is 5.10 Å². The number of hydrogen-bond acceptors (Lipinski definition) is 7. The Bertz CT molecular complexity index is 1250. The topological polar surface area (TPSA) is 121 Å². The van der Waals surface area contributed by atoms with Crippen molar-refractivity contribution in [2.45, 2.75) is 11.1 Å². The fourth-order valence-corrected chi connectivity index (χ4v) is 4.64. The molecule has 0 spiro atoms. The lowest BCUT2D eigenvalue weighted by Gasteiger charge is -2.11. The van der Waals surface area contributed by atoms with Crippen LogP contribution in [-0.2, 0) is 10.0 Å². The van der Waals surface area contributed by atoms with Crippen LogP contribution in [0.2, 0.25) is 0 Å². The van der Waals surface area contributed by atoms with E-state index in [-0.39, 0.29) is 22.1 Å². The standard InChI is InChI=1S/C21H18N4O4S2/c1-15(16-6-4-7-17(14-16)29-12-11-22)23-24-21(26)18-8-2-3-9-19(18)25-31(27,28)20-10-5-13-30-20/h2-10,13-14,25H,12H2,1H3,(H,24,26). The summed E-state index contributed by atoms with van der Waals surface area (Å²) in [6, 6.07) is 18.2. The number of hydrogen-bond donors (Lipinski definition) is 2. The Morgan fingerprint density at radius 3 is 2.71 bits per heavy atom. The second kappa shape index (κ2) is 9.88. The van der Waals surface area contributed by atoms with Gasteiger partial charge in [-0.05, 0) is 42.6 Å². The smallest absolute Gasteiger partial charge is 0.273 e. The van der Waals surface area contributed by atoms with Gasteiger partial charge in [0, 0.05) is 5.56 Å². The molecule has 158 valence electrons. The molecule has 0 aliphatic rings. The summed E-state index contributed by atoms with van der Waals surface area (Å²) >= 11 is 1.08. The number of anilines is 1. The molecule has 2 aromatic carbocycles. The predicted octanol–water partition coefficient (Wildman–Crippen LogP) is 3.61. The van der Waals surface area contributed by atoms with Gasteiger partial charge in [0.15, 0.2) is 6.61 Å². The van der Waals surface area contributed by atoms with E-state index in [1.807, 2.05) is 6.07 Å². The first kappa shape index (κ1) is 22.0. The molecule has 0 fully saturated rings. The highest BCUT2D eigenvalue weighted by molar-refractivity contribution is 7.94. The van der Waals surface area contributed by atoms with Crippen molar-refractivity contribution in [3.63, 3.8) is 0 Å². The first-order valence-corrected chi connectivity index (χ1v) is 11.4. The Kier molecular flexibility index (Phi) is 7.02. The predicted molar refractivity (Wildman–Crippen MR) is 119 cm³/mol. The molecule has 10 heteroatoms. The van der Waals surface area contributed by atoms with Crippen molar-refractivity contribution in [1.82, 2.24) is 5.43 Å². The SMILES string of the molecule is CC(=NNC(=O)c1ccccc1NS(=O)(=O)c1cccs1)c1cccc(OCC#N)c1. The Hall–Kier alpha value is -3.68. The van der Waals surface area contributed by atoms with Crippen LogP contribution in [0.25, 0.3) is 0 Å². The number of para-hydroxylation sites is 1. The van der Waals surface area contributed by atoms with Gasteiger partial charge < -0.3 is 4.74 Å². The van der Waals surface area contributed by atoms with E-state index in [4.69, 9.17) is 10.00 Å². The van der Waals surface area contributed by atoms with E-state index in [2.05, 4.69) is 15.2 Å². The number of carbonyl (C=O) groups excluding carboxylic acids is 1. The van der Waals surface area contributed by atoms with Gasteiger partial charge in [-0.15, -0.1) is 11.3 Å². The quantitative estimate of drug-likeness (QED) is 0.398. The Labute approximate surface area is 183 Å². The largest absolute Gasteiger partial charge is 0.479 e. The Balaban J connectivity index is 1.76. The third kappa shape index (κ3) is 5.69. The minimum Gasteiger partial charge on any atom is -0.479 e. The van der Waals surface area contributed by atoms with Crippen LogP contribution in [-0.4, -0.2) is 26.6 Å². The average Bonchev–Trinajstić information content (AvgIpc) is 3.32. The minimum absolute atomic E-state index is 0.0749. The molecule has 3 rings (SSSR count). The van der Waals surface area contributed by atoms with Gasteiger partial charge in [-0.2, -0.15) is 10.4 Å². The summed E-state index contributed by atoms with van der Waals surface area (Å²) in [6.45, 7) is 1.63. The molecule has 1 heterocycles. The maximum Gasteiger partial charge on any atom is 0.273 e. The number of nitrogens with one attached hydrogen (secondary N) is 2. The summed E-state index contributed by atoms with van der Waals surface area (Å²) in [5.74, 6) is -0.0611. The van der Waals surface area contributed by atoms with Crippen LogP contribution in [0.15, 0.2) is 75.4 Å². The fourth-order valence-electron chi connectivity index (χ4n) is 2.57. The lowest BCUT2D eigenvalue weighted by Crippen LogP contribution is -2.22. The van der Waals surface area contributed by atoms with Crippen LogP contribution in [0.3, 0.4) is 0 Å². The number of amides is 1. The molecule has 0 saturated heterocycles. The summed E-state index contributed by atoms with van der Waals surface area (Å²) in [4.78, 5) is 12.7. The van der Waals surface area contributed by atoms with Crippen LogP contribution in [0.5, 0.6) is 5.75 Å². The highest BCUT2D eigenvalue weighted by Crippen LogP contribution is 2.23. The van der Waals surface area contributed by atoms with E-state index in [0.717, 1.165) is 11.3 Å². The third-order valence-corrected chi connectivity index (χ3v) is 6.82. The summed E-state index contributed by atoms with van der Waals surface area (Å²) in [7, 11) is -3.80. The van der Waals surface area contributed by atoms with Gasteiger partial charge in [0.05, 0.1) is 17.0 Å². The molecule has 0 aliphatic carbocycles. The lowest BCUT2D eigenvalue weighted by atomic mass is 10.1. The number of sulfonamides is 1. The van der Waals surface area contributed by atoms with Gasteiger partial charge in [0.1, 0.15) is 16.0 Å². The van der Waals surface area contributed by atoms with Crippen LogP contribution in [0.4, 0.5) is 5.69 Å². The third-order valence-electron chi connectivity index (χ3n) is 4.06. The maximum atomic E-state index is 12.7. The molecule has 0 unspecified atom stereocenters. The maximum absolute atomic E-state index is 12.7. The number of ether oxygens (including phenoxy) is 1. The van der Waals surface area contributed by atoms with Crippen LogP contribution in [0, 0.1) is 11.3 Å². The van der Waals surface area contributed by atoms with Crippen LogP contribution >= 0.6 is 11.3 Å². The zero-order valence-corrected chi connectivity index (χ0v) is 18.0. The van der Waals surface area contributed by atoms with E-state index in [1.165, 1.54) is 18.2 Å². The molecule has 1 aromatic heterocycles. The Morgan fingerprint density at radius 2 is 1.97 bits per heavy atom. The van der Waals surface area contributed by atoms with Crippen molar-refractivity contribution < 1.29 is 17.9 Å². The van der Waals surface area contributed by atoms with E-state index in [0.29, 0.717) is 17.0 Å². The molecule has 1 amide bonds. The zero-order valence-electron chi connectivity index (χ0n) is 16.4. The number of nitriles is 1. The van der Waals surface area contributed by atoms with Gasteiger partial charge in [-0.3, -0.25) is 9.52 Å². The molecule has 31 heavy (non-hydrogen) atoms. The van der Waals surface area contributed by atoms with Gasteiger partial charge in [0.25, 0.3) is 15.9 Å². The molecular formula is C21H18N4O4S2. The van der Waals surface area contributed by atoms with E-state index in [9.17, 15) is 13.2 Å². The molecular weight excluding hydrogens is 436 g/mol. The molecule has 3 aromatic rings.